The number of hydrogen-bond donors (Lipinski definition) is 3. The van der Waals surface area contributed by atoms with Crippen molar-refractivity contribution in [2.24, 2.45) is 5.92 Å². The van der Waals surface area contributed by atoms with Crippen molar-refractivity contribution in [3.63, 3.8) is 0 Å². The summed E-state index contributed by atoms with van der Waals surface area (Å²) in [4.78, 5) is 0. The maximum Gasteiger partial charge on any atom is 0.123 e. The van der Waals surface area contributed by atoms with E-state index in [0.717, 1.165) is 30.2 Å². The molecule has 0 aromatic heterocycles. The molecule has 0 amide bonds. The molecule has 0 aliphatic carbocycles. The van der Waals surface area contributed by atoms with Gasteiger partial charge in [0.1, 0.15) is 5.82 Å². The second-order valence-electron chi connectivity index (χ2n) is 5.57. The summed E-state index contributed by atoms with van der Waals surface area (Å²) < 4.78 is 13.0. The summed E-state index contributed by atoms with van der Waals surface area (Å²) in [6.07, 6.45) is 0. The van der Waals surface area contributed by atoms with Crippen LogP contribution in [0, 0.1) is 11.7 Å². The third-order valence-corrected chi connectivity index (χ3v) is 4.22. The highest BCUT2D eigenvalue weighted by molar-refractivity contribution is 6.30. The molecular formula is C17H19ClFN3. The van der Waals surface area contributed by atoms with Crippen LogP contribution in [0.3, 0.4) is 0 Å². The van der Waals surface area contributed by atoms with Gasteiger partial charge < -0.3 is 5.32 Å². The molecule has 1 fully saturated rings. The molecule has 5 heteroatoms. The van der Waals surface area contributed by atoms with E-state index in [0.29, 0.717) is 5.92 Å². The predicted molar refractivity (Wildman–Crippen MR) is 86.9 cm³/mol. The topological polar surface area (TPSA) is 36.1 Å². The lowest BCUT2D eigenvalue weighted by Gasteiger charge is -2.19. The fourth-order valence-electron chi connectivity index (χ4n) is 2.76. The van der Waals surface area contributed by atoms with Gasteiger partial charge in [-0.3, -0.25) is 5.43 Å². The monoisotopic (exact) mass is 319 g/mol. The maximum atomic E-state index is 13.0. The number of rotatable bonds is 5. The first kappa shape index (κ1) is 15.4. The zero-order chi connectivity index (χ0) is 15.4. The zero-order valence-corrected chi connectivity index (χ0v) is 12.9. The molecule has 0 radical (unpaired) electrons. The first-order valence-electron chi connectivity index (χ1n) is 7.41. The molecule has 2 unspecified atom stereocenters. The zero-order valence-electron chi connectivity index (χ0n) is 12.2. The first-order chi connectivity index (χ1) is 10.7. The third kappa shape index (κ3) is 3.84. The molecule has 1 heterocycles. The Hall–Kier alpha value is -1.46. The second-order valence-corrected chi connectivity index (χ2v) is 6.01. The van der Waals surface area contributed by atoms with Gasteiger partial charge in [-0.05, 0) is 35.4 Å². The fraction of sp³-hybridized carbons (Fsp3) is 0.294. The Labute approximate surface area is 134 Å². The van der Waals surface area contributed by atoms with Gasteiger partial charge in [-0.15, -0.1) is 0 Å². The summed E-state index contributed by atoms with van der Waals surface area (Å²) in [5.74, 6) is 0.213. The molecule has 2 aromatic carbocycles. The van der Waals surface area contributed by atoms with Gasteiger partial charge >= 0.3 is 0 Å². The van der Waals surface area contributed by atoms with Crippen LogP contribution < -0.4 is 16.2 Å². The van der Waals surface area contributed by atoms with Crippen LogP contribution >= 0.6 is 11.6 Å². The van der Waals surface area contributed by atoms with Crippen LogP contribution in [-0.2, 0) is 6.54 Å². The molecule has 3 rings (SSSR count). The molecular weight excluding hydrogens is 301 g/mol. The minimum Gasteiger partial charge on any atom is -0.312 e. The van der Waals surface area contributed by atoms with Crippen molar-refractivity contribution in [2.75, 3.05) is 13.1 Å². The minimum atomic E-state index is -0.202. The average molecular weight is 320 g/mol. The molecule has 1 aliphatic heterocycles. The van der Waals surface area contributed by atoms with E-state index in [2.05, 4.69) is 16.2 Å². The Balaban J connectivity index is 1.55. The van der Waals surface area contributed by atoms with E-state index in [9.17, 15) is 4.39 Å². The lowest BCUT2D eigenvalue weighted by atomic mass is 9.95. The van der Waals surface area contributed by atoms with Gasteiger partial charge in [0.2, 0.25) is 0 Å². The fourth-order valence-corrected chi connectivity index (χ4v) is 2.88. The van der Waals surface area contributed by atoms with E-state index in [1.165, 1.54) is 17.7 Å². The smallest absolute Gasteiger partial charge is 0.123 e. The van der Waals surface area contributed by atoms with Crippen LogP contribution in [0.1, 0.15) is 17.2 Å². The summed E-state index contributed by atoms with van der Waals surface area (Å²) >= 11 is 5.88. The van der Waals surface area contributed by atoms with Gasteiger partial charge in [-0.1, -0.05) is 35.9 Å². The lowest BCUT2D eigenvalue weighted by molar-refractivity contribution is 0.441. The van der Waals surface area contributed by atoms with E-state index < -0.39 is 0 Å². The lowest BCUT2D eigenvalue weighted by Crippen LogP contribution is -2.28. The Morgan fingerprint density at radius 1 is 1.09 bits per heavy atom. The van der Waals surface area contributed by atoms with Crippen LogP contribution in [0.2, 0.25) is 5.02 Å². The largest absolute Gasteiger partial charge is 0.312 e. The number of hydrogen-bond acceptors (Lipinski definition) is 3. The van der Waals surface area contributed by atoms with Crippen LogP contribution in [0.4, 0.5) is 4.39 Å². The SMILES string of the molecule is Fc1ccc(C2NNCC2CNCc2ccc(Cl)cc2)cc1. The minimum absolute atomic E-state index is 0.193. The van der Waals surface area contributed by atoms with Crippen molar-refractivity contribution >= 4 is 11.6 Å². The van der Waals surface area contributed by atoms with Crippen molar-refractivity contribution in [3.8, 4) is 0 Å². The molecule has 2 atom stereocenters. The van der Waals surface area contributed by atoms with Gasteiger partial charge in [0.15, 0.2) is 0 Å². The molecule has 3 nitrogen and oxygen atoms in total. The number of nitrogens with one attached hydrogen (secondary N) is 3. The van der Waals surface area contributed by atoms with Gasteiger partial charge in [-0.2, -0.15) is 0 Å². The maximum absolute atomic E-state index is 13.0. The highest BCUT2D eigenvalue weighted by atomic mass is 35.5. The quantitative estimate of drug-likeness (QED) is 0.793. The van der Waals surface area contributed by atoms with E-state index in [1.54, 1.807) is 0 Å². The average Bonchev–Trinajstić information content (AvgIpc) is 2.98. The van der Waals surface area contributed by atoms with Crippen molar-refractivity contribution < 1.29 is 4.39 Å². The van der Waals surface area contributed by atoms with E-state index in [4.69, 9.17) is 11.6 Å². The van der Waals surface area contributed by atoms with Crippen LogP contribution in [0.15, 0.2) is 48.5 Å². The van der Waals surface area contributed by atoms with Crippen LogP contribution in [0.25, 0.3) is 0 Å². The Morgan fingerprint density at radius 3 is 2.55 bits per heavy atom. The summed E-state index contributed by atoms with van der Waals surface area (Å²) in [6.45, 7) is 2.57. The Bertz CT molecular complexity index is 600. The molecule has 1 aliphatic rings. The molecule has 3 N–H and O–H groups in total. The van der Waals surface area contributed by atoms with Gasteiger partial charge in [0.25, 0.3) is 0 Å². The van der Waals surface area contributed by atoms with Crippen LogP contribution in [0.5, 0.6) is 0 Å². The van der Waals surface area contributed by atoms with Crippen LogP contribution in [-0.4, -0.2) is 13.1 Å². The van der Waals surface area contributed by atoms with Gasteiger partial charge in [0.05, 0.1) is 6.04 Å². The first-order valence-corrected chi connectivity index (χ1v) is 7.79. The normalized spacial score (nSPS) is 21.2. The van der Waals surface area contributed by atoms with Crippen molar-refractivity contribution in [1.82, 2.24) is 16.2 Å². The summed E-state index contributed by atoms with van der Waals surface area (Å²) in [7, 11) is 0. The van der Waals surface area contributed by atoms with E-state index >= 15 is 0 Å². The standard InChI is InChI=1S/C17H19ClFN3/c18-15-5-1-12(2-6-15)9-20-10-14-11-21-22-17(14)13-3-7-16(19)8-4-13/h1-8,14,17,20-22H,9-11H2. The van der Waals surface area contributed by atoms with Gasteiger partial charge in [-0.25, -0.2) is 9.82 Å². The number of hydrazine groups is 1. The molecule has 2 aromatic rings. The van der Waals surface area contributed by atoms with Gasteiger partial charge in [0, 0.05) is 30.6 Å². The summed E-state index contributed by atoms with van der Waals surface area (Å²) in [5.41, 5.74) is 8.77. The van der Waals surface area contributed by atoms with Crippen molar-refractivity contribution in [3.05, 3.63) is 70.5 Å². The summed E-state index contributed by atoms with van der Waals surface area (Å²) in [6, 6.07) is 14.7. The van der Waals surface area contributed by atoms with E-state index in [-0.39, 0.29) is 11.9 Å². The third-order valence-electron chi connectivity index (χ3n) is 3.97. The van der Waals surface area contributed by atoms with Crippen molar-refractivity contribution in [1.29, 1.82) is 0 Å². The molecule has 0 bridgehead atoms. The summed E-state index contributed by atoms with van der Waals surface area (Å²) in [5, 5.41) is 4.23. The molecule has 116 valence electrons. The molecule has 0 saturated carbocycles. The Kier molecular flexibility index (Phi) is 5.05. The van der Waals surface area contributed by atoms with Crippen molar-refractivity contribution in [2.45, 2.75) is 12.6 Å². The van der Waals surface area contributed by atoms with E-state index in [1.807, 2.05) is 36.4 Å². The Morgan fingerprint density at radius 2 is 1.82 bits per heavy atom. The molecule has 0 spiro atoms. The highest BCUT2D eigenvalue weighted by Gasteiger charge is 2.27. The number of benzene rings is 2. The predicted octanol–water partition coefficient (Wildman–Crippen LogP) is 3.03. The number of halogens is 2. The molecule has 1 saturated heterocycles. The molecule has 22 heavy (non-hydrogen) atoms. The highest BCUT2D eigenvalue weighted by Crippen LogP contribution is 2.24. The second kappa shape index (κ2) is 7.20.